The van der Waals surface area contributed by atoms with Gasteiger partial charge in [-0.2, -0.15) is 0 Å². The summed E-state index contributed by atoms with van der Waals surface area (Å²) in [6, 6.07) is 20.2. The van der Waals surface area contributed by atoms with Crippen molar-refractivity contribution in [1.29, 1.82) is 0 Å². The molecule has 1 saturated heterocycles. The fourth-order valence-corrected chi connectivity index (χ4v) is 2.98. The number of benzene rings is 2. The van der Waals surface area contributed by atoms with E-state index >= 15 is 0 Å². The van der Waals surface area contributed by atoms with E-state index in [0.29, 0.717) is 13.0 Å². The van der Waals surface area contributed by atoms with E-state index < -0.39 is 0 Å². The van der Waals surface area contributed by atoms with Crippen molar-refractivity contribution < 1.29 is 9.53 Å². The maximum absolute atomic E-state index is 12.0. The van der Waals surface area contributed by atoms with E-state index in [0.717, 1.165) is 31.7 Å². The summed E-state index contributed by atoms with van der Waals surface area (Å²) in [5.74, 6) is 0.0666. The first-order chi connectivity index (χ1) is 11.8. The Balaban J connectivity index is 1.41. The first-order valence-corrected chi connectivity index (χ1v) is 8.53. The smallest absolute Gasteiger partial charge is 0.224 e. The van der Waals surface area contributed by atoms with E-state index in [1.165, 1.54) is 5.69 Å². The highest BCUT2D eigenvalue weighted by Crippen LogP contribution is 2.18. The summed E-state index contributed by atoms with van der Waals surface area (Å²) in [6.45, 7) is 3.18. The first kappa shape index (κ1) is 16.5. The average molecular weight is 324 g/mol. The summed E-state index contributed by atoms with van der Waals surface area (Å²) < 4.78 is 5.84. The van der Waals surface area contributed by atoms with Crippen molar-refractivity contribution in [3.05, 3.63) is 66.2 Å². The number of carbonyl (C=O) groups is 1. The predicted molar refractivity (Wildman–Crippen MR) is 96.2 cm³/mol. The van der Waals surface area contributed by atoms with Gasteiger partial charge in [-0.3, -0.25) is 4.79 Å². The summed E-state index contributed by atoms with van der Waals surface area (Å²) in [7, 11) is 0. The summed E-state index contributed by atoms with van der Waals surface area (Å²) in [5.41, 5.74) is 2.28. The highest BCUT2D eigenvalue weighted by Gasteiger charge is 2.20. The Bertz CT molecular complexity index is 631. The second kappa shape index (κ2) is 8.50. The summed E-state index contributed by atoms with van der Waals surface area (Å²) in [6.07, 6.45) is 1.43. The van der Waals surface area contributed by atoms with Gasteiger partial charge in [0.05, 0.1) is 19.1 Å². The number of rotatable bonds is 6. The summed E-state index contributed by atoms with van der Waals surface area (Å²) >= 11 is 0. The third kappa shape index (κ3) is 4.83. The third-order valence-electron chi connectivity index (χ3n) is 4.26. The highest BCUT2D eigenvalue weighted by atomic mass is 16.5. The van der Waals surface area contributed by atoms with Crippen molar-refractivity contribution >= 4 is 11.6 Å². The molecule has 1 aliphatic heterocycles. The number of hydrogen-bond donors (Lipinski definition) is 1. The number of morpholine rings is 1. The molecule has 1 heterocycles. The maximum Gasteiger partial charge on any atom is 0.224 e. The SMILES string of the molecule is O=C(Cc1ccccc1)NCCC1CN(c2ccccc2)CCO1. The quantitative estimate of drug-likeness (QED) is 0.888. The Hall–Kier alpha value is -2.33. The van der Waals surface area contributed by atoms with Crippen LogP contribution in [0.1, 0.15) is 12.0 Å². The van der Waals surface area contributed by atoms with Gasteiger partial charge in [-0.25, -0.2) is 0 Å². The van der Waals surface area contributed by atoms with Crippen LogP contribution in [0.5, 0.6) is 0 Å². The lowest BCUT2D eigenvalue weighted by atomic mass is 10.1. The number of carbonyl (C=O) groups excluding carboxylic acids is 1. The molecule has 4 nitrogen and oxygen atoms in total. The van der Waals surface area contributed by atoms with Crippen molar-refractivity contribution in [3.8, 4) is 0 Å². The van der Waals surface area contributed by atoms with Gasteiger partial charge in [-0.05, 0) is 24.1 Å². The molecule has 2 aromatic carbocycles. The van der Waals surface area contributed by atoms with E-state index in [1.54, 1.807) is 0 Å². The van der Waals surface area contributed by atoms with Crippen LogP contribution in [0.4, 0.5) is 5.69 Å². The molecule has 1 aliphatic rings. The molecule has 1 fully saturated rings. The zero-order chi connectivity index (χ0) is 16.6. The minimum Gasteiger partial charge on any atom is -0.374 e. The van der Waals surface area contributed by atoms with Crippen LogP contribution in [0.3, 0.4) is 0 Å². The van der Waals surface area contributed by atoms with E-state index in [9.17, 15) is 4.79 Å². The minimum absolute atomic E-state index is 0.0666. The van der Waals surface area contributed by atoms with E-state index in [4.69, 9.17) is 4.74 Å². The minimum atomic E-state index is 0.0666. The van der Waals surface area contributed by atoms with Crippen molar-refractivity contribution in [2.24, 2.45) is 0 Å². The molecule has 3 rings (SSSR count). The number of para-hydroxylation sites is 1. The largest absolute Gasteiger partial charge is 0.374 e. The van der Waals surface area contributed by atoms with E-state index in [-0.39, 0.29) is 12.0 Å². The maximum atomic E-state index is 12.0. The Morgan fingerprint density at radius 1 is 1.08 bits per heavy atom. The lowest BCUT2D eigenvalue weighted by Gasteiger charge is -2.34. The van der Waals surface area contributed by atoms with Crippen molar-refractivity contribution in [2.75, 3.05) is 31.1 Å². The number of anilines is 1. The fraction of sp³-hybridized carbons (Fsp3) is 0.350. The second-order valence-electron chi connectivity index (χ2n) is 6.08. The van der Waals surface area contributed by atoms with Crippen LogP contribution in [-0.4, -0.2) is 38.3 Å². The molecule has 0 bridgehead atoms. The molecule has 2 aromatic rings. The number of hydrogen-bond acceptors (Lipinski definition) is 3. The lowest BCUT2D eigenvalue weighted by molar-refractivity contribution is -0.120. The fourth-order valence-electron chi connectivity index (χ4n) is 2.98. The molecule has 1 unspecified atom stereocenters. The van der Waals surface area contributed by atoms with Crippen molar-refractivity contribution in [3.63, 3.8) is 0 Å². The number of nitrogens with zero attached hydrogens (tertiary/aromatic N) is 1. The molecule has 0 radical (unpaired) electrons. The van der Waals surface area contributed by atoms with E-state index in [2.05, 4.69) is 34.5 Å². The zero-order valence-electron chi connectivity index (χ0n) is 13.9. The Morgan fingerprint density at radius 2 is 1.79 bits per heavy atom. The van der Waals surface area contributed by atoms with Crippen molar-refractivity contribution in [1.82, 2.24) is 5.32 Å². The van der Waals surface area contributed by atoms with Gasteiger partial charge in [0.25, 0.3) is 0 Å². The van der Waals surface area contributed by atoms with Crippen LogP contribution in [0.15, 0.2) is 60.7 Å². The second-order valence-corrected chi connectivity index (χ2v) is 6.08. The Labute approximate surface area is 143 Å². The predicted octanol–water partition coefficient (Wildman–Crippen LogP) is 2.64. The van der Waals surface area contributed by atoms with Gasteiger partial charge in [0, 0.05) is 25.3 Å². The van der Waals surface area contributed by atoms with Gasteiger partial charge in [-0.15, -0.1) is 0 Å². The van der Waals surface area contributed by atoms with Gasteiger partial charge >= 0.3 is 0 Å². The van der Waals surface area contributed by atoms with E-state index in [1.807, 2.05) is 36.4 Å². The first-order valence-electron chi connectivity index (χ1n) is 8.53. The molecule has 1 N–H and O–H groups in total. The number of nitrogens with one attached hydrogen (secondary N) is 1. The standard InChI is InChI=1S/C20H24N2O2/c23-20(15-17-7-3-1-4-8-17)21-12-11-19-16-22(13-14-24-19)18-9-5-2-6-10-18/h1-10,19H,11-16H2,(H,21,23). The van der Waals surface area contributed by atoms with Gasteiger partial charge in [0.1, 0.15) is 0 Å². The van der Waals surface area contributed by atoms with Gasteiger partial charge < -0.3 is 15.0 Å². The molecule has 4 heteroatoms. The van der Waals surface area contributed by atoms with Gasteiger partial charge in [-0.1, -0.05) is 48.5 Å². The molecule has 0 spiro atoms. The monoisotopic (exact) mass is 324 g/mol. The van der Waals surface area contributed by atoms with Crippen LogP contribution in [0.2, 0.25) is 0 Å². The van der Waals surface area contributed by atoms with Crippen LogP contribution < -0.4 is 10.2 Å². The van der Waals surface area contributed by atoms with Crippen LogP contribution in [0, 0.1) is 0 Å². The van der Waals surface area contributed by atoms with Crippen LogP contribution in [-0.2, 0) is 16.0 Å². The van der Waals surface area contributed by atoms with Crippen LogP contribution in [0.25, 0.3) is 0 Å². The van der Waals surface area contributed by atoms with Gasteiger partial charge in [0.15, 0.2) is 0 Å². The Morgan fingerprint density at radius 3 is 2.54 bits per heavy atom. The molecule has 0 aromatic heterocycles. The molecule has 1 atom stereocenters. The number of ether oxygens (including phenoxy) is 1. The molecular formula is C20H24N2O2. The molecule has 0 aliphatic carbocycles. The van der Waals surface area contributed by atoms with Gasteiger partial charge in [0.2, 0.25) is 5.91 Å². The topological polar surface area (TPSA) is 41.6 Å². The molecule has 1 amide bonds. The average Bonchev–Trinajstić information content (AvgIpc) is 2.63. The van der Waals surface area contributed by atoms with Crippen molar-refractivity contribution in [2.45, 2.75) is 18.9 Å². The molecular weight excluding hydrogens is 300 g/mol. The summed E-state index contributed by atoms with van der Waals surface area (Å²) in [5, 5.41) is 3.00. The highest BCUT2D eigenvalue weighted by molar-refractivity contribution is 5.78. The zero-order valence-corrected chi connectivity index (χ0v) is 13.9. The Kier molecular flexibility index (Phi) is 5.85. The molecule has 126 valence electrons. The number of amides is 1. The molecule has 0 saturated carbocycles. The lowest BCUT2D eigenvalue weighted by Crippen LogP contribution is -2.44. The summed E-state index contributed by atoms with van der Waals surface area (Å²) in [4.78, 5) is 14.3. The molecule has 24 heavy (non-hydrogen) atoms. The normalized spacial score (nSPS) is 17.5. The van der Waals surface area contributed by atoms with Crippen LogP contribution >= 0.6 is 0 Å². The third-order valence-corrected chi connectivity index (χ3v) is 4.26.